The Kier molecular flexibility index (Phi) is 8.93. The van der Waals surface area contributed by atoms with Gasteiger partial charge in [-0.2, -0.15) is 0 Å². The lowest BCUT2D eigenvalue weighted by atomic mass is 9.93. The second-order valence-corrected chi connectivity index (χ2v) is 5.83. The van der Waals surface area contributed by atoms with E-state index in [-0.39, 0.29) is 48.1 Å². The lowest BCUT2D eigenvalue weighted by molar-refractivity contribution is 0.149. The van der Waals surface area contributed by atoms with Crippen LogP contribution in [0.3, 0.4) is 0 Å². The van der Waals surface area contributed by atoms with Gasteiger partial charge in [-0.1, -0.05) is 13.8 Å². The van der Waals surface area contributed by atoms with Gasteiger partial charge in [-0.25, -0.2) is 0 Å². The molecule has 0 aliphatic carbocycles. The average Bonchev–Trinajstić information content (AvgIpc) is 2.37. The molecule has 4 N–H and O–H groups in total. The summed E-state index contributed by atoms with van der Waals surface area (Å²) in [6.07, 6.45) is 0.853. The van der Waals surface area contributed by atoms with E-state index < -0.39 is 0 Å². The van der Waals surface area contributed by atoms with E-state index in [1.54, 1.807) is 0 Å². The van der Waals surface area contributed by atoms with Crippen molar-refractivity contribution in [2.24, 2.45) is 5.92 Å². The summed E-state index contributed by atoms with van der Waals surface area (Å²) in [6.45, 7) is 7.85. The Morgan fingerprint density at radius 1 is 1.05 bits per heavy atom. The molecule has 1 atom stereocenters. The Morgan fingerprint density at radius 2 is 1.55 bits per heavy atom. The van der Waals surface area contributed by atoms with Crippen LogP contribution in [0.25, 0.3) is 0 Å². The van der Waals surface area contributed by atoms with Crippen LogP contribution in [0.1, 0.15) is 31.9 Å². The standard InChI is InChI=1S/C15H24N2O3.2ClH/c1-10(2)7-12(17-5-3-16-4-6-17)15-13(19)8-11(18)9-14(15)20;;/h8-10,12,16,18-20H,3-7H2,1-2H3;2*1H/t12-;;/m0../s1. The molecule has 0 bridgehead atoms. The number of halogens is 2. The second-order valence-electron chi connectivity index (χ2n) is 5.83. The molecule has 1 aliphatic rings. The highest BCUT2D eigenvalue weighted by molar-refractivity contribution is 5.85. The van der Waals surface area contributed by atoms with Crippen LogP contribution < -0.4 is 5.32 Å². The number of hydrogen-bond donors (Lipinski definition) is 4. The first kappa shape index (κ1) is 21.1. The SMILES string of the molecule is CC(C)C[C@@H](c1c(O)cc(O)cc1O)N1CCNCC1.Cl.Cl. The van der Waals surface area contributed by atoms with Gasteiger partial charge in [0.1, 0.15) is 17.2 Å². The van der Waals surface area contributed by atoms with Gasteiger partial charge in [0.15, 0.2) is 0 Å². The molecule has 7 heteroatoms. The third kappa shape index (κ3) is 5.09. The lowest BCUT2D eigenvalue weighted by Crippen LogP contribution is -2.45. The van der Waals surface area contributed by atoms with Crippen molar-refractivity contribution in [2.45, 2.75) is 26.3 Å². The summed E-state index contributed by atoms with van der Waals surface area (Å²) in [5, 5.41) is 33.0. The summed E-state index contributed by atoms with van der Waals surface area (Å²) < 4.78 is 0. The van der Waals surface area contributed by atoms with Crippen molar-refractivity contribution in [2.75, 3.05) is 26.2 Å². The molecule has 22 heavy (non-hydrogen) atoms. The normalized spacial score (nSPS) is 16.7. The number of phenols is 3. The highest BCUT2D eigenvalue weighted by Gasteiger charge is 2.28. The first-order chi connectivity index (χ1) is 9.49. The van der Waals surface area contributed by atoms with Gasteiger partial charge in [0.2, 0.25) is 0 Å². The Morgan fingerprint density at radius 3 is 2.00 bits per heavy atom. The number of hydrogen-bond acceptors (Lipinski definition) is 5. The van der Waals surface area contributed by atoms with Crippen LogP contribution in [-0.2, 0) is 0 Å². The summed E-state index contributed by atoms with van der Waals surface area (Å²) >= 11 is 0. The van der Waals surface area contributed by atoms with Crippen LogP contribution in [-0.4, -0.2) is 46.4 Å². The van der Waals surface area contributed by atoms with Crippen LogP contribution in [0.5, 0.6) is 17.2 Å². The third-order valence-corrected chi connectivity index (χ3v) is 3.74. The molecule has 1 saturated heterocycles. The second kappa shape index (κ2) is 9.30. The number of benzene rings is 1. The van der Waals surface area contributed by atoms with E-state index in [0.29, 0.717) is 11.5 Å². The molecule has 1 aliphatic heterocycles. The molecule has 0 saturated carbocycles. The Labute approximate surface area is 144 Å². The molecule has 128 valence electrons. The molecule has 0 radical (unpaired) electrons. The predicted molar refractivity (Wildman–Crippen MR) is 92.6 cm³/mol. The zero-order chi connectivity index (χ0) is 14.7. The number of piperazine rings is 1. The molecule has 1 aromatic rings. The number of nitrogens with zero attached hydrogens (tertiary/aromatic N) is 1. The van der Waals surface area contributed by atoms with Crippen molar-refractivity contribution >= 4 is 24.8 Å². The van der Waals surface area contributed by atoms with E-state index in [9.17, 15) is 15.3 Å². The molecule has 1 heterocycles. The molecule has 1 fully saturated rings. The molecule has 5 nitrogen and oxygen atoms in total. The fraction of sp³-hybridized carbons (Fsp3) is 0.600. The third-order valence-electron chi connectivity index (χ3n) is 3.74. The van der Waals surface area contributed by atoms with Crippen LogP contribution in [0.15, 0.2) is 12.1 Å². The van der Waals surface area contributed by atoms with E-state index >= 15 is 0 Å². The van der Waals surface area contributed by atoms with E-state index in [1.165, 1.54) is 12.1 Å². The molecular formula is C15H26Cl2N2O3. The van der Waals surface area contributed by atoms with E-state index in [1.807, 2.05) is 0 Å². The van der Waals surface area contributed by atoms with Gasteiger partial charge in [0.25, 0.3) is 0 Å². The van der Waals surface area contributed by atoms with Crippen LogP contribution >= 0.6 is 24.8 Å². The van der Waals surface area contributed by atoms with Gasteiger partial charge >= 0.3 is 0 Å². The first-order valence-electron chi connectivity index (χ1n) is 7.18. The van der Waals surface area contributed by atoms with Gasteiger partial charge in [0.05, 0.1) is 5.56 Å². The number of nitrogens with one attached hydrogen (secondary N) is 1. The number of rotatable bonds is 4. The molecule has 1 aromatic carbocycles. The van der Waals surface area contributed by atoms with Crippen molar-refractivity contribution in [3.8, 4) is 17.2 Å². The van der Waals surface area contributed by atoms with Gasteiger partial charge in [-0.3, -0.25) is 4.90 Å². The highest BCUT2D eigenvalue weighted by atomic mass is 35.5. The Balaban J connectivity index is 0.00000220. The smallest absolute Gasteiger partial charge is 0.127 e. The number of phenolic OH excluding ortho intramolecular Hbond substituents is 3. The van der Waals surface area contributed by atoms with E-state index in [4.69, 9.17) is 0 Å². The first-order valence-corrected chi connectivity index (χ1v) is 7.18. The zero-order valence-electron chi connectivity index (χ0n) is 13.0. The van der Waals surface area contributed by atoms with Crippen LogP contribution in [0.4, 0.5) is 0 Å². The van der Waals surface area contributed by atoms with E-state index in [0.717, 1.165) is 32.6 Å². The van der Waals surface area contributed by atoms with Crippen molar-refractivity contribution in [3.05, 3.63) is 17.7 Å². The maximum absolute atomic E-state index is 10.1. The number of aromatic hydroxyl groups is 3. The minimum Gasteiger partial charge on any atom is -0.508 e. The molecule has 2 rings (SSSR count). The van der Waals surface area contributed by atoms with Crippen molar-refractivity contribution in [1.82, 2.24) is 10.2 Å². The molecule has 0 amide bonds. The Bertz CT molecular complexity index is 443. The molecule has 0 spiro atoms. The average molecular weight is 353 g/mol. The largest absolute Gasteiger partial charge is 0.508 e. The van der Waals surface area contributed by atoms with Crippen LogP contribution in [0.2, 0.25) is 0 Å². The van der Waals surface area contributed by atoms with Crippen LogP contribution in [0, 0.1) is 5.92 Å². The van der Waals surface area contributed by atoms with Gasteiger partial charge in [0, 0.05) is 44.4 Å². The maximum atomic E-state index is 10.1. The minimum absolute atomic E-state index is 0. The van der Waals surface area contributed by atoms with Crippen molar-refractivity contribution < 1.29 is 15.3 Å². The fourth-order valence-corrected chi connectivity index (χ4v) is 2.84. The summed E-state index contributed by atoms with van der Waals surface area (Å²) in [5.41, 5.74) is 0.526. The minimum atomic E-state index is -0.118. The predicted octanol–water partition coefficient (Wildman–Crippen LogP) is 2.64. The maximum Gasteiger partial charge on any atom is 0.127 e. The van der Waals surface area contributed by atoms with Gasteiger partial charge < -0.3 is 20.6 Å². The summed E-state index contributed by atoms with van der Waals surface area (Å²) in [7, 11) is 0. The highest BCUT2D eigenvalue weighted by Crippen LogP contribution is 2.41. The fourth-order valence-electron chi connectivity index (χ4n) is 2.84. The summed E-state index contributed by atoms with van der Waals surface area (Å²) in [6, 6.07) is 2.56. The zero-order valence-corrected chi connectivity index (χ0v) is 14.6. The van der Waals surface area contributed by atoms with Crippen molar-refractivity contribution in [3.63, 3.8) is 0 Å². The lowest BCUT2D eigenvalue weighted by Gasteiger charge is -2.36. The monoisotopic (exact) mass is 352 g/mol. The summed E-state index contributed by atoms with van der Waals surface area (Å²) in [5.74, 6) is 0.258. The quantitative estimate of drug-likeness (QED) is 0.670. The van der Waals surface area contributed by atoms with Gasteiger partial charge in [-0.05, 0) is 12.3 Å². The van der Waals surface area contributed by atoms with Gasteiger partial charge in [-0.15, -0.1) is 24.8 Å². The Hall–Kier alpha value is -0.880. The molecule has 0 aromatic heterocycles. The summed E-state index contributed by atoms with van der Waals surface area (Å²) in [4.78, 5) is 2.28. The van der Waals surface area contributed by atoms with E-state index in [2.05, 4.69) is 24.1 Å². The molecular weight excluding hydrogens is 327 g/mol. The topological polar surface area (TPSA) is 76.0 Å². The van der Waals surface area contributed by atoms with Crippen molar-refractivity contribution in [1.29, 1.82) is 0 Å². The molecule has 0 unspecified atom stereocenters.